The summed E-state index contributed by atoms with van der Waals surface area (Å²) < 4.78 is 5.93. The molecule has 0 spiro atoms. The summed E-state index contributed by atoms with van der Waals surface area (Å²) in [6, 6.07) is 14.8. The van der Waals surface area contributed by atoms with Gasteiger partial charge in [-0.2, -0.15) is 0 Å². The molecule has 0 amide bonds. The Morgan fingerprint density at radius 1 is 1.19 bits per heavy atom. The maximum absolute atomic E-state index is 5.96. The normalized spacial score (nSPS) is 15.1. The van der Waals surface area contributed by atoms with Crippen molar-refractivity contribution in [1.29, 1.82) is 0 Å². The Bertz CT molecular complexity index is 609. The van der Waals surface area contributed by atoms with Crippen LogP contribution < -0.4 is 10.1 Å². The molecular weight excluding hydrogens is 282 g/mol. The van der Waals surface area contributed by atoms with Crippen molar-refractivity contribution in [3.8, 4) is 5.75 Å². The molecule has 21 heavy (non-hydrogen) atoms. The second-order valence-corrected chi connectivity index (χ2v) is 5.90. The molecule has 2 nitrogen and oxygen atoms in total. The molecule has 3 rings (SSSR count). The van der Waals surface area contributed by atoms with Crippen molar-refractivity contribution in [1.82, 2.24) is 5.32 Å². The van der Waals surface area contributed by atoms with Gasteiger partial charge >= 0.3 is 0 Å². The lowest BCUT2D eigenvalue weighted by Gasteiger charge is -2.25. The predicted molar refractivity (Wildman–Crippen MR) is 87.2 cm³/mol. The average molecular weight is 302 g/mol. The van der Waals surface area contributed by atoms with Gasteiger partial charge in [0.05, 0.1) is 6.61 Å². The number of fused-ring (bicyclic) bond motifs is 1. The quantitative estimate of drug-likeness (QED) is 0.915. The minimum Gasteiger partial charge on any atom is -0.493 e. The number of hydrogen-bond acceptors (Lipinski definition) is 2. The molecule has 110 valence electrons. The van der Waals surface area contributed by atoms with E-state index in [9.17, 15) is 0 Å². The van der Waals surface area contributed by atoms with Gasteiger partial charge in [-0.15, -0.1) is 0 Å². The van der Waals surface area contributed by atoms with Crippen LogP contribution in [0.4, 0.5) is 0 Å². The van der Waals surface area contributed by atoms with Crippen LogP contribution in [0, 0.1) is 0 Å². The SMILES string of the molecule is CNC(Cc1ccc(Cl)cc1)c1cccc2c1OCCC2. The third kappa shape index (κ3) is 3.22. The zero-order chi connectivity index (χ0) is 14.7. The highest BCUT2D eigenvalue weighted by atomic mass is 35.5. The number of rotatable bonds is 4. The first-order valence-corrected chi connectivity index (χ1v) is 7.82. The molecule has 2 aromatic rings. The summed E-state index contributed by atoms with van der Waals surface area (Å²) in [7, 11) is 2.00. The van der Waals surface area contributed by atoms with Gasteiger partial charge in [0.2, 0.25) is 0 Å². The van der Waals surface area contributed by atoms with Crippen molar-refractivity contribution in [3.05, 3.63) is 64.2 Å². The van der Waals surface area contributed by atoms with E-state index in [0.717, 1.165) is 36.6 Å². The Labute approximate surface area is 131 Å². The van der Waals surface area contributed by atoms with E-state index in [2.05, 4.69) is 35.6 Å². The fraction of sp³-hybridized carbons (Fsp3) is 0.333. The predicted octanol–water partition coefficient (Wildman–Crippen LogP) is 4.17. The minimum atomic E-state index is 0.249. The Morgan fingerprint density at radius 2 is 2.00 bits per heavy atom. The van der Waals surface area contributed by atoms with Crippen molar-refractivity contribution in [2.45, 2.75) is 25.3 Å². The van der Waals surface area contributed by atoms with Crippen LogP contribution >= 0.6 is 11.6 Å². The molecular formula is C18H20ClNO. The minimum absolute atomic E-state index is 0.249. The van der Waals surface area contributed by atoms with Gasteiger partial charge in [-0.05, 0) is 49.6 Å². The lowest BCUT2D eigenvalue weighted by Crippen LogP contribution is -2.21. The van der Waals surface area contributed by atoms with Crippen LogP contribution in [0.25, 0.3) is 0 Å². The highest BCUT2D eigenvalue weighted by molar-refractivity contribution is 6.30. The number of nitrogens with one attached hydrogen (secondary N) is 1. The van der Waals surface area contributed by atoms with Crippen LogP contribution in [0.15, 0.2) is 42.5 Å². The van der Waals surface area contributed by atoms with Gasteiger partial charge in [-0.25, -0.2) is 0 Å². The van der Waals surface area contributed by atoms with Crippen molar-refractivity contribution < 1.29 is 4.74 Å². The third-order valence-electron chi connectivity index (χ3n) is 4.04. The Kier molecular flexibility index (Phi) is 4.47. The van der Waals surface area contributed by atoms with E-state index in [1.807, 2.05) is 19.2 Å². The number of halogens is 1. The summed E-state index contributed by atoms with van der Waals surface area (Å²) in [6.07, 6.45) is 3.14. The fourth-order valence-corrected chi connectivity index (χ4v) is 3.04. The molecule has 0 bridgehead atoms. The van der Waals surface area contributed by atoms with E-state index in [4.69, 9.17) is 16.3 Å². The molecule has 0 saturated heterocycles. The van der Waals surface area contributed by atoms with Crippen molar-refractivity contribution in [2.24, 2.45) is 0 Å². The number of likely N-dealkylation sites (N-methyl/N-ethyl adjacent to an activating group) is 1. The van der Waals surface area contributed by atoms with Gasteiger partial charge in [0.15, 0.2) is 0 Å². The maximum atomic E-state index is 5.96. The van der Waals surface area contributed by atoms with Gasteiger partial charge in [-0.3, -0.25) is 0 Å². The monoisotopic (exact) mass is 301 g/mol. The number of benzene rings is 2. The number of hydrogen-bond donors (Lipinski definition) is 1. The van der Waals surface area contributed by atoms with Crippen LogP contribution in [0.3, 0.4) is 0 Å². The first-order valence-electron chi connectivity index (χ1n) is 7.44. The smallest absolute Gasteiger partial charge is 0.127 e. The molecule has 0 saturated carbocycles. The molecule has 0 aromatic heterocycles. The zero-order valence-corrected chi connectivity index (χ0v) is 13.0. The first kappa shape index (κ1) is 14.4. The summed E-state index contributed by atoms with van der Waals surface area (Å²) in [6.45, 7) is 0.821. The van der Waals surface area contributed by atoms with Gasteiger partial charge < -0.3 is 10.1 Å². The van der Waals surface area contributed by atoms with Gasteiger partial charge in [0.1, 0.15) is 5.75 Å². The molecule has 1 aliphatic rings. The zero-order valence-electron chi connectivity index (χ0n) is 12.2. The van der Waals surface area contributed by atoms with Crippen LogP contribution in [0.2, 0.25) is 5.02 Å². The van der Waals surface area contributed by atoms with E-state index in [1.165, 1.54) is 16.7 Å². The molecule has 0 fully saturated rings. The molecule has 1 heterocycles. The Morgan fingerprint density at radius 3 is 2.76 bits per heavy atom. The molecule has 1 unspecified atom stereocenters. The molecule has 3 heteroatoms. The average Bonchev–Trinajstić information content (AvgIpc) is 2.54. The van der Waals surface area contributed by atoms with Crippen LogP contribution in [0.1, 0.15) is 29.2 Å². The van der Waals surface area contributed by atoms with Crippen molar-refractivity contribution in [2.75, 3.05) is 13.7 Å². The van der Waals surface area contributed by atoms with Crippen LogP contribution in [-0.2, 0) is 12.8 Å². The standard InChI is InChI=1S/C18H20ClNO/c1-20-17(12-13-7-9-15(19)10-8-13)16-6-2-4-14-5-3-11-21-18(14)16/h2,4,6-10,17,20H,3,5,11-12H2,1H3. The Balaban J connectivity index is 1.88. The highest BCUT2D eigenvalue weighted by Crippen LogP contribution is 2.34. The second-order valence-electron chi connectivity index (χ2n) is 5.46. The summed E-state index contributed by atoms with van der Waals surface area (Å²) in [5.41, 5.74) is 3.85. The molecule has 1 atom stereocenters. The van der Waals surface area contributed by atoms with E-state index in [-0.39, 0.29) is 6.04 Å². The van der Waals surface area contributed by atoms with Crippen LogP contribution in [0.5, 0.6) is 5.75 Å². The summed E-state index contributed by atoms with van der Waals surface area (Å²) >= 11 is 5.96. The third-order valence-corrected chi connectivity index (χ3v) is 4.29. The highest BCUT2D eigenvalue weighted by Gasteiger charge is 2.20. The first-order chi connectivity index (χ1) is 10.3. The Hall–Kier alpha value is -1.51. The van der Waals surface area contributed by atoms with Gasteiger partial charge in [-0.1, -0.05) is 41.9 Å². The van der Waals surface area contributed by atoms with Gasteiger partial charge in [0.25, 0.3) is 0 Å². The van der Waals surface area contributed by atoms with E-state index < -0.39 is 0 Å². The lowest BCUT2D eigenvalue weighted by molar-refractivity contribution is 0.282. The second kappa shape index (κ2) is 6.50. The molecule has 2 aromatic carbocycles. The largest absolute Gasteiger partial charge is 0.493 e. The topological polar surface area (TPSA) is 21.3 Å². The van der Waals surface area contributed by atoms with Crippen molar-refractivity contribution in [3.63, 3.8) is 0 Å². The summed E-state index contributed by atoms with van der Waals surface area (Å²) in [5.74, 6) is 1.08. The molecule has 0 aliphatic carbocycles. The summed E-state index contributed by atoms with van der Waals surface area (Å²) in [5, 5.41) is 4.20. The van der Waals surface area contributed by atoms with E-state index in [1.54, 1.807) is 0 Å². The molecule has 1 N–H and O–H groups in total. The number of para-hydroxylation sites is 1. The summed E-state index contributed by atoms with van der Waals surface area (Å²) in [4.78, 5) is 0. The van der Waals surface area contributed by atoms with Crippen molar-refractivity contribution >= 4 is 11.6 Å². The van der Waals surface area contributed by atoms with E-state index in [0.29, 0.717) is 0 Å². The van der Waals surface area contributed by atoms with Gasteiger partial charge in [0, 0.05) is 16.6 Å². The molecule has 1 aliphatic heterocycles. The van der Waals surface area contributed by atoms with E-state index >= 15 is 0 Å². The maximum Gasteiger partial charge on any atom is 0.127 e. The fourth-order valence-electron chi connectivity index (χ4n) is 2.91. The number of aryl methyl sites for hydroxylation is 1. The lowest BCUT2D eigenvalue weighted by atomic mass is 9.94. The van der Waals surface area contributed by atoms with Crippen LogP contribution in [-0.4, -0.2) is 13.7 Å². The number of ether oxygens (including phenoxy) is 1. The molecule has 0 radical (unpaired) electrons.